The first-order valence-electron chi connectivity index (χ1n) is 5.75. The summed E-state index contributed by atoms with van der Waals surface area (Å²) in [5.74, 6) is 0. The second-order valence-corrected chi connectivity index (χ2v) is 3.60. The number of rotatable bonds is 12. The third kappa shape index (κ3) is 13.8. The molecule has 0 aliphatic rings. The van der Waals surface area contributed by atoms with Crippen molar-refractivity contribution in [1.82, 2.24) is 0 Å². The molecule has 0 heterocycles. The Balaban J connectivity index is 2.88. The molecule has 0 aliphatic heterocycles. The molecule has 0 aromatic rings. The maximum Gasteiger partial charge on any atom is 0.0701 e. The van der Waals surface area contributed by atoms with E-state index in [1.54, 1.807) is 7.11 Å². The third-order valence-electron chi connectivity index (χ3n) is 1.89. The van der Waals surface area contributed by atoms with E-state index in [1.165, 1.54) is 0 Å². The van der Waals surface area contributed by atoms with Gasteiger partial charge in [-0.2, -0.15) is 0 Å². The highest BCUT2D eigenvalue weighted by molar-refractivity contribution is 4.50. The Kier molecular flexibility index (Phi) is 12.7. The lowest BCUT2D eigenvalue weighted by Crippen LogP contribution is -2.18. The molecule has 1 atom stereocenters. The van der Waals surface area contributed by atoms with E-state index in [4.69, 9.17) is 24.7 Å². The summed E-state index contributed by atoms with van der Waals surface area (Å²) in [7, 11) is 1.65. The Morgan fingerprint density at radius 3 is 1.69 bits per heavy atom. The minimum Gasteiger partial charge on any atom is -0.382 e. The minimum atomic E-state index is 0.204. The van der Waals surface area contributed by atoms with Crippen LogP contribution in [0.15, 0.2) is 0 Å². The lowest BCUT2D eigenvalue weighted by molar-refractivity contribution is 0.00305. The molecule has 0 radical (unpaired) electrons. The lowest BCUT2D eigenvalue weighted by Gasteiger charge is -2.07. The highest BCUT2D eigenvalue weighted by atomic mass is 16.6. The smallest absolute Gasteiger partial charge is 0.0701 e. The zero-order valence-electron chi connectivity index (χ0n) is 10.4. The van der Waals surface area contributed by atoms with Crippen LogP contribution in [-0.4, -0.2) is 59.4 Å². The molecular formula is C11H25NO4. The molecule has 2 N–H and O–H groups in total. The first kappa shape index (κ1) is 15.8. The minimum absolute atomic E-state index is 0.204. The zero-order valence-corrected chi connectivity index (χ0v) is 10.4. The Labute approximate surface area is 98.2 Å². The fraction of sp³-hybridized carbons (Fsp3) is 1.00. The summed E-state index contributed by atoms with van der Waals surface area (Å²) < 4.78 is 20.7. The third-order valence-corrected chi connectivity index (χ3v) is 1.89. The van der Waals surface area contributed by atoms with E-state index < -0.39 is 0 Å². The second kappa shape index (κ2) is 12.9. The number of nitrogens with two attached hydrogens (primary N) is 1. The molecule has 0 spiro atoms. The number of hydrogen-bond donors (Lipinski definition) is 1. The molecule has 1 unspecified atom stereocenters. The summed E-state index contributed by atoms with van der Waals surface area (Å²) in [6.07, 6.45) is 0.889. The van der Waals surface area contributed by atoms with E-state index in [2.05, 4.69) is 0 Å². The van der Waals surface area contributed by atoms with Crippen molar-refractivity contribution in [2.45, 2.75) is 19.4 Å². The Morgan fingerprint density at radius 1 is 0.812 bits per heavy atom. The topological polar surface area (TPSA) is 62.9 Å². The molecule has 0 bridgehead atoms. The summed E-state index contributed by atoms with van der Waals surface area (Å²) in [6.45, 7) is 6.33. The quantitative estimate of drug-likeness (QED) is 0.497. The summed E-state index contributed by atoms with van der Waals surface area (Å²) in [5, 5.41) is 0. The van der Waals surface area contributed by atoms with Crippen LogP contribution in [0.5, 0.6) is 0 Å². The molecule has 5 heteroatoms. The highest BCUT2D eigenvalue weighted by Crippen LogP contribution is 1.88. The summed E-state index contributed by atoms with van der Waals surface area (Å²) >= 11 is 0. The van der Waals surface area contributed by atoms with Gasteiger partial charge in [0.1, 0.15) is 0 Å². The molecule has 0 saturated heterocycles. The predicted molar refractivity (Wildman–Crippen MR) is 62.6 cm³/mol. The van der Waals surface area contributed by atoms with Crippen LogP contribution in [0.2, 0.25) is 0 Å². The molecule has 0 amide bonds. The van der Waals surface area contributed by atoms with Crippen LogP contribution in [0.4, 0.5) is 0 Å². The molecule has 0 aromatic heterocycles. The monoisotopic (exact) mass is 235 g/mol. The fourth-order valence-corrected chi connectivity index (χ4v) is 0.953. The van der Waals surface area contributed by atoms with Crippen LogP contribution in [0.25, 0.3) is 0 Å². The molecular weight excluding hydrogens is 210 g/mol. The summed E-state index contributed by atoms with van der Waals surface area (Å²) in [6, 6.07) is 0.204. The average Bonchev–Trinajstić information content (AvgIpc) is 2.25. The van der Waals surface area contributed by atoms with Gasteiger partial charge in [0.25, 0.3) is 0 Å². The Hall–Kier alpha value is -0.200. The predicted octanol–water partition coefficient (Wildman–Crippen LogP) is 0.420. The molecule has 0 aliphatic carbocycles. The van der Waals surface area contributed by atoms with Gasteiger partial charge in [0.2, 0.25) is 0 Å². The van der Waals surface area contributed by atoms with Crippen LogP contribution in [0.1, 0.15) is 13.3 Å². The molecule has 0 saturated carbocycles. The summed E-state index contributed by atoms with van der Waals surface area (Å²) in [5.41, 5.74) is 5.57. The molecule has 5 nitrogen and oxygen atoms in total. The van der Waals surface area contributed by atoms with Crippen molar-refractivity contribution in [3.05, 3.63) is 0 Å². The fourth-order valence-electron chi connectivity index (χ4n) is 0.953. The Bertz CT molecular complexity index is 133. The van der Waals surface area contributed by atoms with Gasteiger partial charge >= 0.3 is 0 Å². The van der Waals surface area contributed by atoms with Gasteiger partial charge in [-0.3, -0.25) is 0 Å². The van der Waals surface area contributed by atoms with Crippen LogP contribution < -0.4 is 5.73 Å². The number of hydrogen-bond acceptors (Lipinski definition) is 5. The lowest BCUT2D eigenvalue weighted by atomic mass is 10.3. The van der Waals surface area contributed by atoms with Gasteiger partial charge in [0.15, 0.2) is 0 Å². The van der Waals surface area contributed by atoms with E-state index in [0.29, 0.717) is 46.2 Å². The normalized spacial score (nSPS) is 12.9. The largest absolute Gasteiger partial charge is 0.382 e. The number of methoxy groups -OCH3 is 1. The first-order valence-corrected chi connectivity index (χ1v) is 5.75. The zero-order chi connectivity index (χ0) is 12.1. The van der Waals surface area contributed by atoms with E-state index in [-0.39, 0.29) is 6.04 Å². The summed E-state index contributed by atoms with van der Waals surface area (Å²) in [4.78, 5) is 0. The maximum atomic E-state index is 5.57. The van der Waals surface area contributed by atoms with Gasteiger partial charge in [-0.1, -0.05) is 0 Å². The van der Waals surface area contributed by atoms with Crippen molar-refractivity contribution in [3.8, 4) is 0 Å². The van der Waals surface area contributed by atoms with Gasteiger partial charge in [-0.25, -0.2) is 0 Å². The van der Waals surface area contributed by atoms with Crippen LogP contribution in [-0.2, 0) is 18.9 Å². The van der Waals surface area contributed by atoms with Crippen molar-refractivity contribution in [2.75, 3.05) is 53.4 Å². The van der Waals surface area contributed by atoms with Gasteiger partial charge in [-0.15, -0.1) is 0 Å². The standard InChI is InChI=1S/C11H25NO4/c1-11(12)3-4-14-7-8-16-10-9-15-6-5-13-2/h11H,3-10,12H2,1-2H3. The van der Waals surface area contributed by atoms with Crippen molar-refractivity contribution >= 4 is 0 Å². The van der Waals surface area contributed by atoms with Crippen molar-refractivity contribution in [3.63, 3.8) is 0 Å². The maximum absolute atomic E-state index is 5.57. The van der Waals surface area contributed by atoms with Crippen molar-refractivity contribution in [2.24, 2.45) is 5.73 Å². The average molecular weight is 235 g/mol. The highest BCUT2D eigenvalue weighted by Gasteiger charge is 1.94. The Morgan fingerprint density at radius 2 is 1.25 bits per heavy atom. The molecule has 0 fully saturated rings. The van der Waals surface area contributed by atoms with E-state index in [1.807, 2.05) is 6.92 Å². The SMILES string of the molecule is COCCOCCOCCOCCC(C)N. The molecule has 0 rings (SSSR count). The van der Waals surface area contributed by atoms with Crippen molar-refractivity contribution in [1.29, 1.82) is 0 Å². The van der Waals surface area contributed by atoms with Crippen LogP contribution in [0, 0.1) is 0 Å². The molecule has 0 aromatic carbocycles. The van der Waals surface area contributed by atoms with Gasteiger partial charge in [-0.05, 0) is 13.3 Å². The second-order valence-electron chi connectivity index (χ2n) is 3.60. The molecule has 16 heavy (non-hydrogen) atoms. The van der Waals surface area contributed by atoms with Crippen LogP contribution in [0.3, 0.4) is 0 Å². The molecule has 98 valence electrons. The van der Waals surface area contributed by atoms with E-state index in [0.717, 1.165) is 6.42 Å². The number of ether oxygens (including phenoxy) is 4. The van der Waals surface area contributed by atoms with Crippen LogP contribution >= 0.6 is 0 Å². The van der Waals surface area contributed by atoms with Crippen molar-refractivity contribution < 1.29 is 18.9 Å². The van der Waals surface area contributed by atoms with E-state index in [9.17, 15) is 0 Å². The van der Waals surface area contributed by atoms with Gasteiger partial charge in [0, 0.05) is 19.8 Å². The van der Waals surface area contributed by atoms with E-state index >= 15 is 0 Å². The first-order chi connectivity index (χ1) is 7.77. The van der Waals surface area contributed by atoms with Gasteiger partial charge < -0.3 is 24.7 Å². The van der Waals surface area contributed by atoms with Gasteiger partial charge in [0.05, 0.1) is 39.6 Å².